The number of hydrogen-bond acceptors (Lipinski definition) is 3. The van der Waals surface area contributed by atoms with Crippen molar-refractivity contribution in [3.63, 3.8) is 0 Å². The number of nitrogens with zero attached hydrogens (tertiary/aromatic N) is 3. The molecule has 1 amide bonds. The largest absolute Gasteiger partial charge is 0.367 e. The average Bonchev–Trinajstić information content (AvgIpc) is 1.87. The van der Waals surface area contributed by atoms with Crippen LogP contribution in [0.15, 0.2) is 5.10 Å². The molecule has 0 unspecified atom stereocenters. The Hall–Kier alpha value is -1.57. The summed E-state index contributed by atoms with van der Waals surface area (Å²) < 4.78 is 0. The van der Waals surface area contributed by atoms with Crippen LogP contribution >= 0.6 is 0 Å². The monoisotopic (exact) mass is 154 g/mol. The van der Waals surface area contributed by atoms with E-state index in [1.54, 1.807) is 25.1 Å². The van der Waals surface area contributed by atoms with E-state index in [-0.39, 0.29) is 6.42 Å². The second-order valence-electron chi connectivity index (χ2n) is 2.08. The van der Waals surface area contributed by atoms with Gasteiger partial charge in [0.15, 0.2) is 0 Å². The molecule has 0 aliphatic heterocycles. The zero-order valence-electron chi connectivity index (χ0n) is 6.53. The molecule has 0 rings (SSSR count). The van der Waals surface area contributed by atoms with E-state index in [1.165, 1.54) is 6.34 Å². The summed E-state index contributed by atoms with van der Waals surface area (Å²) in [6.45, 7) is 0. The molecule has 5 nitrogen and oxygen atoms in total. The number of carbonyl (C=O) groups excluding carboxylic acids is 1. The van der Waals surface area contributed by atoms with Gasteiger partial charge in [-0.1, -0.05) is 0 Å². The van der Waals surface area contributed by atoms with Gasteiger partial charge in [-0.3, -0.25) is 4.79 Å². The highest BCUT2D eigenvalue weighted by Gasteiger charge is 1.94. The van der Waals surface area contributed by atoms with Crippen molar-refractivity contribution in [3.8, 4) is 6.07 Å². The zero-order chi connectivity index (χ0) is 8.69. The third kappa shape index (κ3) is 6.31. The fraction of sp³-hybridized carbons (Fsp3) is 0.500. The standard InChI is InChI=1S/C6H10N4O/c1-10(2)5-8-9-6(11)3-4-7/h5H,3H2,1-2H3,(H,9,11). The minimum Gasteiger partial charge on any atom is -0.367 e. The van der Waals surface area contributed by atoms with Gasteiger partial charge in [-0.05, 0) is 0 Å². The first kappa shape index (κ1) is 9.43. The molecule has 0 radical (unpaired) electrons. The quantitative estimate of drug-likeness (QED) is 0.339. The Morgan fingerprint density at radius 3 is 2.91 bits per heavy atom. The first-order chi connectivity index (χ1) is 5.16. The molecule has 0 aromatic heterocycles. The normalized spacial score (nSPS) is 9.18. The molecule has 60 valence electrons. The molecule has 0 aromatic rings. The van der Waals surface area contributed by atoms with Crippen molar-refractivity contribution in [2.45, 2.75) is 6.42 Å². The molecule has 11 heavy (non-hydrogen) atoms. The van der Waals surface area contributed by atoms with Crippen LogP contribution in [0.2, 0.25) is 0 Å². The molecule has 1 N–H and O–H groups in total. The molecule has 0 bridgehead atoms. The number of nitrogens with one attached hydrogen (secondary N) is 1. The van der Waals surface area contributed by atoms with Crippen molar-refractivity contribution < 1.29 is 4.79 Å². The Morgan fingerprint density at radius 1 is 1.82 bits per heavy atom. The molecule has 0 fully saturated rings. The molecule has 0 spiro atoms. The first-order valence-electron chi connectivity index (χ1n) is 3.02. The SMILES string of the molecule is CN(C)C=NNC(=O)CC#N. The Morgan fingerprint density at radius 2 is 2.45 bits per heavy atom. The highest BCUT2D eigenvalue weighted by Crippen LogP contribution is 1.74. The molecule has 0 saturated carbocycles. The predicted octanol–water partition coefficient (Wildman–Crippen LogP) is -0.479. The molecule has 0 aliphatic rings. The molecular formula is C6H10N4O. The van der Waals surface area contributed by atoms with Gasteiger partial charge >= 0.3 is 0 Å². The van der Waals surface area contributed by atoms with E-state index in [2.05, 4.69) is 10.5 Å². The maximum atomic E-state index is 10.6. The van der Waals surface area contributed by atoms with E-state index >= 15 is 0 Å². The van der Waals surface area contributed by atoms with Gasteiger partial charge in [0.2, 0.25) is 0 Å². The predicted molar refractivity (Wildman–Crippen MR) is 40.6 cm³/mol. The summed E-state index contributed by atoms with van der Waals surface area (Å²) in [7, 11) is 3.56. The van der Waals surface area contributed by atoms with Crippen molar-refractivity contribution in [1.82, 2.24) is 10.3 Å². The Balaban J connectivity index is 3.55. The topological polar surface area (TPSA) is 68.5 Å². The third-order valence-electron chi connectivity index (χ3n) is 0.718. The molecule has 0 aromatic carbocycles. The van der Waals surface area contributed by atoms with Crippen molar-refractivity contribution in [3.05, 3.63) is 0 Å². The van der Waals surface area contributed by atoms with Crippen LogP contribution in [0.25, 0.3) is 0 Å². The minimum atomic E-state index is -0.398. The summed E-state index contributed by atoms with van der Waals surface area (Å²) in [6, 6.07) is 1.71. The van der Waals surface area contributed by atoms with E-state index in [0.29, 0.717) is 0 Å². The number of carbonyl (C=O) groups is 1. The van der Waals surface area contributed by atoms with Gasteiger partial charge in [-0.15, -0.1) is 0 Å². The van der Waals surface area contributed by atoms with Crippen LogP contribution in [0.4, 0.5) is 0 Å². The summed E-state index contributed by atoms with van der Waals surface area (Å²) in [5, 5.41) is 11.6. The van der Waals surface area contributed by atoms with Crippen molar-refractivity contribution >= 4 is 12.2 Å². The molecule has 0 heterocycles. The average molecular weight is 154 g/mol. The third-order valence-corrected chi connectivity index (χ3v) is 0.718. The molecule has 0 aliphatic carbocycles. The Bertz CT molecular complexity index is 191. The number of nitriles is 1. The van der Waals surface area contributed by atoms with Gasteiger partial charge in [-0.25, -0.2) is 5.43 Å². The van der Waals surface area contributed by atoms with Crippen molar-refractivity contribution in [2.24, 2.45) is 5.10 Å². The van der Waals surface area contributed by atoms with E-state index < -0.39 is 5.91 Å². The summed E-state index contributed by atoms with van der Waals surface area (Å²) >= 11 is 0. The molecule has 0 saturated heterocycles. The molecule has 5 heteroatoms. The van der Waals surface area contributed by atoms with Crippen LogP contribution in [0, 0.1) is 11.3 Å². The molecule has 0 atom stereocenters. The van der Waals surface area contributed by atoms with Gasteiger partial charge in [0, 0.05) is 14.1 Å². The Labute approximate surface area is 65.3 Å². The molecular weight excluding hydrogens is 144 g/mol. The Kier molecular flexibility index (Phi) is 4.49. The van der Waals surface area contributed by atoms with Gasteiger partial charge in [0.1, 0.15) is 12.8 Å². The number of hydrogen-bond donors (Lipinski definition) is 1. The van der Waals surface area contributed by atoms with Gasteiger partial charge in [-0.2, -0.15) is 10.4 Å². The summed E-state index contributed by atoms with van der Waals surface area (Å²) in [6.07, 6.45) is 1.28. The van der Waals surface area contributed by atoms with Crippen LogP contribution in [-0.4, -0.2) is 31.2 Å². The fourth-order valence-corrected chi connectivity index (χ4v) is 0.328. The van der Waals surface area contributed by atoms with Crippen LogP contribution in [0.5, 0.6) is 0 Å². The lowest BCUT2D eigenvalue weighted by Crippen LogP contribution is -2.19. The summed E-state index contributed by atoms with van der Waals surface area (Å²) in [4.78, 5) is 12.2. The highest BCUT2D eigenvalue weighted by atomic mass is 16.2. The van der Waals surface area contributed by atoms with Gasteiger partial charge in [0.05, 0.1) is 6.07 Å². The van der Waals surface area contributed by atoms with Crippen LogP contribution in [0.3, 0.4) is 0 Å². The zero-order valence-corrected chi connectivity index (χ0v) is 6.53. The van der Waals surface area contributed by atoms with Gasteiger partial charge < -0.3 is 4.90 Å². The van der Waals surface area contributed by atoms with Crippen LogP contribution < -0.4 is 5.43 Å². The van der Waals surface area contributed by atoms with E-state index in [0.717, 1.165) is 0 Å². The van der Waals surface area contributed by atoms with E-state index in [9.17, 15) is 4.79 Å². The lowest BCUT2D eigenvalue weighted by atomic mass is 10.5. The second kappa shape index (κ2) is 5.23. The van der Waals surface area contributed by atoms with Gasteiger partial charge in [0.25, 0.3) is 5.91 Å². The number of hydrazone groups is 1. The lowest BCUT2D eigenvalue weighted by molar-refractivity contribution is -0.120. The summed E-state index contributed by atoms with van der Waals surface area (Å²) in [5.41, 5.74) is 2.18. The first-order valence-corrected chi connectivity index (χ1v) is 3.02. The van der Waals surface area contributed by atoms with E-state index in [4.69, 9.17) is 5.26 Å². The minimum absolute atomic E-state index is 0.162. The maximum Gasteiger partial charge on any atom is 0.254 e. The fourth-order valence-electron chi connectivity index (χ4n) is 0.328. The van der Waals surface area contributed by atoms with Crippen LogP contribution in [0.1, 0.15) is 6.42 Å². The van der Waals surface area contributed by atoms with E-state index in [1.807, 2.05) is 0 Å². The second-order valence-corrected chi connectivity index (χ2v) is 2.08. The van der Waals surface area contributed by atoms with Crippen molar-refractivity contribution in [1.29, 1.82) is 5.26 Å². The van der Waals surface area contributed by atoms with Crippen LogP contribution in [-0.2, 0) is 4.79 Å². The number of amides is 1. The lowest BCUT2D eigenvalue weighted by Gasteiger charge is -2.01. The highest BCUT2D eigenvalue weighted by molar-refractivity contribution is 5.78. The number of rotatable bonds is 3. The smallest absolute Gasteiger partial charge is 0.254 e. The summed E-state index contributed by atoms with van der Waals surface area (Å²) in [5.74, 6) is -0.398. The maximum absolute atomic E-state index is 10.6. The van der Waals surface area contributed by atoms with Crippen molar-refractivity contribution in [2.75, 3.05) is 14.1 Å².